The van der Waals surface area contributed by atoms with Gasteiger partial charge in [0.05, 0.1) is 34.2 Å². The van der Waals surface area contributed by atoms with Crippen molar-refractivity contribution in [2.24, 2.45) is 0 Å². The number of anilines is 2. The fourth-order valence-electron chi connectivity index (χ4n) is 3.99. The number of hydrogen-bond donors (Lipinski definition) is 0. The summed E-state index contributed by atoms with van der Waals surface area (Å²) in [5.41, 5.74) is 5.98. The average Bonchev–Trinajstić information content (AvgIpc) is 2.61. The predicted octanol–water partition coefficient (Wildman–Crippen LogP) is 7.15. The average molecular weight is 419 g/mol. The monoisotopic (exact) mass is 419 g/mol. The van der Waals surface area contributed by atoms with Crippen molar-refractivity contribution < 1.29 is 0 Å². The van der Waals surface area contributed by atoms with Crippen molar-refractivity contribution in [1.29, 1.82) is 0 Å². The Kier molecular flexibility index (Phi) is 5.30. The van der Waals surface area contributed by atoms with E-state index < -0.39 is 0 Å². The van der Waals surface area contributed by atoms with E-state index in [9.17, 15) is 0 Å². The fourth-order valence-corrected chi connectivity index (χ4v) is 4.84. The summed E-state index contributed by atoms with van der Waals surface area (Å²) in [5.74, 6) is 0. The maximum Gasteiger partial charge on any atom is 0.0646 e. The van der Waals surface area contributed by atoms with Gasteiger partial charge in [-0.1, -0.05) is 75.9 Å². The van der Waals surface area contributed by atoms with Crippen LogP contribution in [-0.2, 0) is 5.41 Å². The molecule has 0 spiro atoms. The Bertz CT molecular complexity index is 607. The van der Waals surface area contributed by atoms with Crippen LogP contribution in [0.4, 0.5) is 11.4 Å². The van der Waals surface area contributed by atoms with Crippen LogP contribution in [0, 0.1) is 0 Å². The van der Waals surface area contributed by atoms with Gasteiger partial charge in [-0.25, -0.2) is 0 Å². The van der Waals surface area contributed by atoms with E-state index in [4.69, 9.17) is 0 Å². The third kappa shape index (κ3) is 2.90. The summed E-state index contributed by atoms with van der Waals surface area (Å²) in [6.07, 6.45) is 7.59. The molecule has 1 nitrogen and oxygen atoms in total. The van der Waals surface area contributed by atoms with E-state index in [-0.39, 0.29) is 5.41 Å². The number of para-hydroxylation sites is 2. The summed E-state index contributed by atoms with van der Waals surface area (Å²) in [6.45, 7) is 4.61. The molecule has 2 aromatic carbocycles. The first-order valence-electron chi connectivity index (χ1n) is 8.89. The SMILES string of the molecule is CCCCC1(CCCC)c2ccccc2N(I)c2ccccc21. The minimum atomic E-state index is 0.181. The van der Waals surface area contributed by atoms with Crippen LogP contribution in [0.1, 0.15) is 63.5 Å². The molecule has 0 saturated heterocycles. The number of nitrogens with zero attached hydrogens (tertiary/aromatic N) is 1. The van der Waals surface area contributed by atoms with Crippen molar-refractivity contribution in [2.45, 2.75) is 57.8 Å². The second-order valence-corrected chi connectivity index (χ2v) is 7.57. The van der Waals surface area contributed by atoms with E-state index in [2.05, 4.69) is 88.4 Å². The quantitative estimate of drug-likeness (QED) is 0.355. The molecule has 0 aliphatic carbocycles. The summed E-state index contributed by atoms with van der Waals surface area (Å²) in [7, 11) is 0. The Morgan fingerprint density at radius 2 is 1.22 bits per heavy atom. The third-order valence-corrected chi connectivity index (χ3v) is 6.22. The number of unbranched alkanes of at least 4 members (excludes halogenated alkanes) is 2. The molecule has 0 N–H and O–H groups in total. The van der Waals surface area contributed by atoms with Crippen molar-refractivity contribution >= 4 is 34.2 Å². The Morgan fingerprint density at radius 1 is 0.783 bits per heavy atom. The largest absolute Gasteiger partial charge is 0.282 e. The van der Waals surface area contributed by atoms with E-state index in [0.717, 1.165) is 0 Å². The molecule has 3 rings (SSSR count). The first-order chi connectivity index (χ1) is 11.2. The highest BCUT2D eigenvalue weighted by Gasteiger charge is 2.41. The van der Waals surface area contributed by atoms with Crippen molar-refractivity contribution in [3.63, 3.8) is 0 Å². The maximum atomic E-state index is 2.47. The minimum Gasteiger partial charge on any atom is -0.282 e. The van der Waals surface area contributed by atoms with E-state index in [1.807, 2.05) is 0 Å². The van der Waals surface area contributed by atoms with Crippen LogP contribution < -0.4 is 3.11 Å². The zero-order chi connectivity index (χ0) is 16.3. The molecule has 2 heteroatoms. The topological polar surface area (TPSA) is 3.24 Å². The summed E-state index contributed by atoms with van der Waals surface area (Å²) in [4.78, 5) is 0. The van der Waals surface area contributed by atoms with Crippen molar-refractivity contribution in [2.75, 3.05) is 3.11 Å². The molecule has 0 aromatic heterocycles. The first kappa shape index (κ1) is 16.8. The molecule has 0 unspecified atom stereocenters. The predicted molar refractivity (Wildman–Crippen MR) is 109 cm³/mol. The lowest BCUT2D eigenvalue weighted by Crippen LogP contribution is -2.34. The molecule has 1 heterocycles. The van der Waals surface area contributed by atoms with Gasteiger partial charge in [0.2, 0.25) is 0 Å². The van der Waals surface area contributed by atoms with Gasteiger partial charge in [0.25, 0.3) is 0 Å². The van der Waals surface area contributed by atoms with Crippen molar-refractivity contribution in [1.82, 2.24) is 0 Å². The van der Waals surface area contributed by atoms with Gasteiger partial charge < -0.3 is 0 Å². The van der Waals surface area contributed by atoms with Gasteiger partial charge in [-0.2, -0.15) is 0 Å². The van der Waals surface area contributed by atoms with E-state index in [0.29, 0.717) is 0 Å². The maximum absolute atomic E-state index is 2.47. The van der Waals surface area contributed by atoms with Gasteiger partial charge in [0, 0.05) is 5.41 Å². The van der Waals surface area contributed by atoms with Crippen LogP contribution in [0.25, 0.3) is 0 Å². The second-order valence-electron chi connectivity index (χ2n) is 6.60. The summed E-state index contributed by atoms with van der Waals surface area (Å²) < 4.78 is 2.35. The van der Waals surface area contributed by atoms with E-state index >= 15 is 0 Å². The smallest absolute Gasteiger partial charge is 0.0646 e. The highest BCUT2D eigenvalue weighted by atomic mass is 127. The molecule has 2 aromatic rings. The molecule has 0 radical (unpaired) electrons. The number of benzene rings is 2. The molecule has 1 aliphatic heterocycles. The summed E-state index contributed by atoms with van der Waals surface area (Å²) >= 11 is 2.47. The molecule has 1 aliphatic rings. The van der Waals surface area contributed by atoms with E-state index in [1.54, 1.807) is 0 Å². The molecule has 0 fully saturated rings. The third-order valence-electron chi connectivity index (χ3n) is 5.18. The Morgan fingerprint density at radius 3 is 1.65 bits per heavy atom. The van der Waals surface area contributed by atoms with Crippen molar-refractivity contribution in [3.05, 3.63) is 59.7 Å². The Labute approximate surface area is 154 Å². The van der Waals surface area contributed by atoms with Crippen LogP contribution in [0.15, 0.2) is 48.5 Å². The number of hydrogen-bond acceptors (Lipinski definition) is 1. The van der Waals surface area contributed by atoms with Gasteiger partial charge in [-0.15, -0.1) is 0 Å². The molecule has 0 saturated carbocycles. The zero-order valence-electron chi connectivity index (χ0n) is 14.2. The standard InChI is InChI=1S/C21H26IN/c1-3-5-15-21(16-6-4-2)17-11-7-9-13-19(17)23(22)20-14-10-8-12-18(20)21/h7-14H,3-6,15-16H2,1-2H3. The Hall–Kier alpha value is -1.03. The molecule has 0 bridgehead atoms. The first-order valence-corrected chi connectivity index (χ1v) is 9.86. The molecular formula is C21H26IN. The fraction of sp³-hybridized carbons (Fsp3) is 0.429. The van der Waals surface area contributed by atoms with Gasteiger partial charge in [0.1, 0.15) is 0 Å². The summed E-state index contributed by atoms with van der Waals surface area (Å²) in [6, 6.07) is 18.1. The number of halogens is 1. The molecule has 122 valence electrons. The lowest BCUT2D eigenvalue weighted by Gasteiger charge is -2.44. The lowest BCUT2D eigenvalue weighted by molar-refractivity contribution is 0.404. The highest BCUT2D eigenvalue weighted by molar-refractivity contribution is 14.1. The van der Waals surface area contributed by atoms with Crippen LogP contribution in [0.5, 0.6) is 0 Å². The van der Waals surface area contributed by atoms with Crippen molar-refractivity contribution in [3.8, 4) is 0 Å². The zero-order valence-corrected chi connectivity index (χ0v) is 16.3. The summed E-state index contributed by atoms with van der Waals surface area (Å²) in [5, 5.41) is 0. The van der Waals surface area contributed by atoms with Crippen LogP contribution >= 0.6 is 22.9 Å². The second kappa shape index (κ2) is 7.25. The number of fused-ring (bicyclic) bond motifs is 2. The lowest BCUT2D eigenvalue weighted by atomic mass is 9.65. The molecule has 0 amide bonds. The van der Waals surface area contributed by atoms with Gasteiger partial charge in [-0.05, 0) is 36.1 Å². The molecule has 0 atom stereocenters. The molecule has 23 heavy (non-hydrogen) atoms. The van der Waals surface area contributed by atoms with Gasteiger partial charge in [-0.3, -0.25) is 3.11 Å². The minimum absolute atomic E-state index is 0.181. The van der Waals surface area contributed by atoms with Crippen LogP contribution in [0.2, 0.25) is 0 Å². The Balaban J connectivity index is 2.21. The number of rotatable bonds is 6. The van der Waals surface area contributed by atoms with Gasteiger partial charge >= 0.3 is 0 Å². The van der Waals surface area contributed by atoms with E-state index in [1.165, 1.54) is 61.0 Å². The molecular weight excluding hydrogens is 393 g/mol. The van der Waals surface area contributed by atoms with Gasteiger partial charge in [0.15, 0.2) is 0 Å². The normalized spacial score (nSPS) is 15.2. The van der Waals surface area contributed by atoms with Crippen LogP contribution in [-0.4, -0.2) is 0 Å². The highest BCUT2D eigenvalue weighted by Crippen LogP contribution is 2.54. The van der Waals surface area contributed by atoms with Crippen LogP contribution in [0.3, 0.4) is 0 Å².